The van der Waals surface area contributed by atoms with Crippen LogP contribution < -0.4 is 15.6 Å². The molecule has 2 bridgehead atoms. The molecule has 2 N–H and O–H groups in total. The number of para-hydroxylation sites is 1. The Morgan fingerprint density at radius 1 is 0.929 bits per heavy atom. The Morgan fingerprint density at radius 3 is 2.39 bits per heavy atom. The van der Waals surface area contributed by atoms with Gasteiger partial charge >= 0.3 is 0 Å². The maximum Gasteiger partial charge on any atom is 0.269 e. The van der Waals surface area contributed by atoms with Crippen molar-refractivity contribution in [3.05, 3.63) is 65.7 Å². The number of rotatable bonds is 6. The lowest BCUT2D eigenvalue weighted by atomic mass is 9.86. The summed E-state index contributed by atoms with van der Waals surface area (Å²) >= 11 is 0. The predicted octanol–water partition coefficient (Wildman–Crippen LogP) is 3.85. The van der Waals surface area contributed by atoms with Crippen LogP contribution in [0.5, 0.6) is 5.75 Å². The van der Waals surface area contributed by atoms with Crippen molar-refractivity contribution in [1.29, 1.82) is 0 Å². The van der Waals surface area contributed by atoms with E-state index in [9.17, 15) is 9.59 Å². The van der Waals surface area contributed by atoms with Gasteiger partial charge < -0.3 is 4.74 Å². The lowest BCUT2D eigenvalue weighted by Gasteiger charge is -2.20. The van der Waals surface area contributed by atoms with E-state index in [-0.39, 0.29) is 11.8 Å². The summed E-state index contributed by atoms with van der Waals surface area (Å²) in [5.74, 6) is 2.41. The first kappa shape index (κ1) is 18.5. The normalized spacial score (nSPS) is 22.6. The van der Waals surface area contributed by atoms with Crippen molar-refractivity contribution >= 4 is 11.8 Å². The Bertz CT molecular complexity index is 820. The van der Waals surface area contributed by atoms with Gasteiger partial charge in [-0.25, -0.2) is 0 Å². The summed E-state index contributed by atoms with van der Waals surface area (Å²) in [7, 11) is 0. The molecule has 0 heterocycles. The molecule has 0 unspecified atom stereocenters. The Labute approximate surface area is 165 Å². The molecule has 0 aromatic heterocycles. The van der Waals surface area contributed by atoms with Crippen molar-refractivity contribution in [2.45, 2.75) is 38.7 Å². The Kier molecular flexibility index (Phi) is 5.60. The lowest BCUT2D eigenvalue weighted by Crippen LogP contribution is -2.42. The molecule has 4 rings (SSSR count). The van der Waals surface area contributed by atoms with Gasteiger partial charge in [-0.15, -0.1) is 0 Å². The number of hydrogen-bond donors (Lipinski definition) is 2. The average molecular weight is 378 g/mol. The first-order valence-electron chi connectivity index (χ1n) is 10.0. The van der Waals surface area contributed by atoms with E-state index in [1.54, 1.807) is 12.1 Å². The van der Waals surface area contributed by atoms with Crippen LogP contribution in [0, 0.1) is 17.8 Å². The molecule has 146 valence electrons. The van der Waals surface area contributed by atoms with Crippen LogP contribution in [0.15, 0.2) is 54.6 Å². The third kappa shape index (κ3) is 4.53. The van der Waals surface area contributed by atoms with Gasteiger partial charge in [-0.1, -0.05) is 36.8 Å². The average Bonchev–Trinajstić information content (AvgIpc) is 3.35. The molecule has 5 nitrogen and oxygen atoms in total. The number of fused-ring (bicyclic) bond motifs is 2. The second kappa shape index (κ2) is 8.46. The van der Waals surface area contributed by atoms with Crippen molar-refractivity contribution in [3.63, 3.8) is 0 Å². The van der Waals surface area contributed by atoms with E-state index in [0.717, 1.165) is 17.2 Å². The van der Waals surface area contributed by atoms with Crippen LogP contribution >= 0.6 is 0 Å². The van der Waals surface area contributed by atoms with E-state index in [1.807, 2.05) is 42.5 Å². The van der Waals surface area contributed by atoms with E-state index in [1.165, 1.54) is 25.7 Å². The summed E-state index contributed by atoms with van der Waals surface area (Å²) in [5.41, 5.74) is 6.57. The molecule has 2 fully saturated rings. The zero-order valence-corrected chi connectivity index (χ0v) is 15.9. The van der Waals surface area contributed by atoms with Gasteiger partial charge in [0.25, 0.3) is 5.91 Å². The summed E-state index contributed by atoms with van der Waals surface area (Å²) in [4.78, 5) is 24.4. The maximum atomic E-state index is 12.2. The van der Waals surface area contributed by atoms with Gasteiger partial charge in [0, 0.05) is 12.0 Å². The van der Waals surface area contributed by atoms with E-state index >= 15 is 0 Å². The summed E-state index contributed by atoms with van der Waals surface area (Å²) in [6, 6.07) is 16.8. The number of hydrogen-bond acceptors (Lipinski definition) is 3. The van der Waals surface area contributed by atoms with Gasteiger partial charge in [0.1, 0.15) is 12.4 Å². The highest BCUT2D eigenvalue weighted by atomic mass is 16.5. The number of hydrazine groups is 1. The minimum Gasteiger partial charge on any atom is -0.489 e. The van der Waals surface area contributed by atoms with Gasteiger partial charge in [-0.05, 0) is 66.8 Å². The molecule has 2 aromatic rings. The van der Waals surface area contributed by atoms with Crippen molar-refractivity contribution in [2.24, 2.45) is 17.8 Å². The summed E-state index contributed by atoms with van der Waals surface area (Å²) in [6.45, 7) is 0.437. The highest BCUT2D eigenvalue weighted by molar-refractivity contribution is 5.95. The van der Waals surface area contributed by atoms with Crippen LogP contribution in [0.1, 0.15) is 48.0 Å². The second-order valence-corrected chi connectivity index (χ2v) is 7.94. The zero-order chi connectivity index (χ0) is 19.3. The van der Waals surface area contributed by atoms with Crippen LogP contribution in [0.25, 0.3) is 0 Å². The standard InChI is InChI=1S/C23H26N2O3/c26-22(14-20-13-17-8-11-19(20)12-17)24-25-23(27)18-9-6-16(7-10-18)15-28-21-4-2-1-3-5-21/h1-7,9-10,17,19-20H,8,11-15H2,(H,24,26)(H,25,27)/t17-,19+,20-/m0/s1. The first-order chi connectivity index (χ1) is 13.7. The zero-order valence-electron chi connectivity index (χ0n) is 15.9. The minimum atomic E-state index is -0.308. The number of ether oxygens (including phenoxy) is 1. The topological polar surface area (TPSA) is 67.4 Å². The fraction of sp³-hybridized carbons (Fsp3) is 0.391. The van der Waals surface area contributed by atoms with E-state index in [4.69, 9.17) is 4.74 Å². The third-order valence-corrected chi connectivity index (χ3v) is 6.01. The molecule has 0 saturated heterocycles. The molecule has 3 atom stereocenters. The Hall–Kier alpha value is -2.82. The van der Waals surface area contributed by atoms with E-state index < -0.39 is 0 Å². The molecule has 2 aromatic carbocycles. The molecule has 2 amide bonds. The molecular formula is C23H26N2O3. The van der Waals surface area contributed by atoms with E-state index in [0.29, 0.717) is 30.4 Å². The van der Waals surface area contributed by atoms with E-state index in [2.05, 4.69) is 10.9 Å². The Morgan fingerprint density at radius 2 is 1.71 bits per heavy atom. The molecule has 2 aliphatic carbocycles. The predicted molar refractivity (Wildman–Crippen MR) is 106 cm³/mol. The highest BCUT2D eigenvalue weighted by Gasteiger charge is 2.40. The molecule has 0 radical (unpaired) electrons. The summed E-state index contributed by atoms with van der Waals surface area (Å²) in [6.07, 6.45) is 5.54. The van der Waals surface area contributed by atoms with Gasteiger partial charge in [0.15, 0.2) is 0 Å². The van der Waals surface area contributed by atoms with Gasteiger partial charge in [0.2, 0.25) is 5.91 Å². The van der Waals surface area contributed by atoms with Crippen molar-refractivity contribution in [3.8, 4) is 5.75 Å². The van der Waals surface area contributed by atoms with Crippen LogP contribution in [-0.2, 0) is 11.4 Å². The number of carbonyl (C=O) groups excluding carboxylic acids is 2. The van der Waals surface area contributed by atoms with Crippen molar-refractivity contribution in [2.75, 3.05) is 0 Å². The third-order valence-electron chi connectivity index (χ3n) is 6.01. The fourth-order valence-electron chi connectivity index (χ4n) is 4.55. The molecule has 28 heavy (non-hydrogen) atoms. The SMILES string of the molecule is O=C(C[C@@H]1C[C@H]2CC[C@@H]1C2)NNC(=O)c1ccc(COc2ccccc2)cc1. The van der Waals surface area contributed by atoms with Crippen LogP contribution in [0.3, 0.4) is 0 Å². The Balaban J connectivity index is 1.21. The largest absolute Gasteiger partial charge is 0.489 e. The molecular weight excluding hydrogens is 352 g/mol. The monoisotopic (exact) mass is 378 g/mol. The number of nitrogens with one attached hydrogen (secondary N) is 2. The first-order valence-corrected chi connectivity index (χ1v) is 10.0. The van der Waals surface area contributed by atoms with Crippen LogP contribution in [0.2, 0.25) is 0 Å². The van der Waals surface area contributed by atoms with Crippen LogP contribution in [0.4, 0.5) is 0 Å². The number of amides is 2. The summed E-state index contributed by atoms with van der Waals surface area (Å²) < 4.78 is 5.70. The molecule has 0 aliphatic heterocycles. The fourth-order valence-corrected chi connectivity index (χ4v) is 4.55. The van der Waals surface area contributed by atoms with Crippen molar-refractivity contribution in [1.82, 2.24) is 10.9 Å². The van der Waals surface area contributed by atoms with Crippen LogP contribution in [-0.4, -0.2) is 11.8 Å². The molecule has 0 spiro atoms. The number of carbonyl (C=O) groups is 2. The molecule has 2 aliphatic rings. The number of benzene rings is 2. The molecule has 5 heteroatoms. The van der Waals surface area contributed by atoms with Gasteiger partial charge in [-0.2, -0.15) is 0 Å². The molecule has 2 saturated carbocycles. The smallest absolute Gasteiger partial charge is 0.269 e. The van der Waals surface area contributed by atoms with Gasteiger partial charge in [-0.3, -0.25) is 20.4 Å². The maximum absolute atomic E-state index is 12.2. The summed E-state index contributed by atoms with van der Waals surface area (Å²) in [5, 5.41) is 0. The second-order valence-electron chi connectivity index (χ2n) is 7.94. The van der Waals surface area contributed by atoms with Crippen molar-refractivity contribution < 1.29 is 14.3 Å². The quantitative estimate of drug-likeness (QED) is 0.750. The highest BCUT2D eigenvalue weighted by Crippen LogP contribution is 2.49. The van der Waals surface area contributed by atoms with Gasteiger partial charge in [0.05, 0.1) is 0 Å². The minimum absolute atomic E-state index is 0.0984. The lowest BCUT2D eigenvalue weighted by molar-refractivity contribution is -0.123.